The predicted octanol–water partition coefficient (Wildman–Crippen LogP) is 2.47. The van der Waals surface area contributed by atoms with Crippen molar-refractivity contribution < 1.29 is 9.53 Å². The third-order valence-corrected chi connectivity index (χ3v) is 2.65. The van der Waals surface area contributed by atoms with Crippen LogP contribution < -0.4 is 0 Å². The highest BCUT2D eigenvalue weighted by Crippen LogP contribution is 2.19. The minimum absolute atomic E-state index is 0.312. The molecular formula is C10H9NO2S. The zero-order valence-corrected chi connectivity index (χ0v) is 8.50. The van der Waals surface area contributed by atoms with E-state index in [0.717, 1.165) is 10.2 Å². The molecule has 0 aliphatic heterocycles. The van der Waals surface area contributed by atoms with Crippen LogP contribution in [0.1, 0.15) is 17.3 Å². The standard InChI is InChI=1S/C10H9NO2S/c1-2-13-10(12)8-5-7-3-4-14-9(7)11-6-8/h3-6H,2H2,1H3. The van der Waals surface area contributed by atoms with E-state index in [1.165, 1.54) is 0 Å². The third kappa shape index (κ3) is 1.61. The van der Waals surface area contributed by atoms with Gasteiger partial charge >= 0.3 is 5.97 Å². The summed E-state index contributed by atoms with van der Waals surface area (Å²) in [5.41, 5.74) is 0.512. The molecule has 0 N–H and O–H groups in total. The zero-order valence-electron chi connectivity index (χ0n) is 7.69. The van der Waals surface area contributed by atoms with Crippen LogP contribution in [0.15, 0.2) is 23.7 Å². The number of fused-ring (bicyclic) bond motifs is 1. The molecule has 0 unspecified atom stereocenters. The topological polar surface area (TPSA) is 39.2 Å². The van der Waals surface area contributed by atoms with Gasteiger partial charge in [-0.25, -0.2) is 9.78 Å². The smallest absolute Gasteiger partial charge is 0.339 e. The second kappa shape index (κ2) is 3.75. The average Bonchev–Trinajstić information content (AvgIpc) is 2.64. The first kappa shape index (κ1) is 9.15. The van der Waals surface area contributed by atoms with Crippen LogP contribution in [0.3, 0.4) is 0 Å². The molecular weight excluding hydrogens is 198 g/mol. The number of thiophene rings is 1. The first-order valence-corrected chi connectivity index (χ1v) is 5.19. The van der Waals surface area contributed by atoms with E-state index < -0.39 is 0 Å². The fourth-order valence-electron chi connectivity index (χ4n) is 1.18. The van der Waals surface area contributed by atoms with Crippen LogP contribution in [0, 0.1) is 0 Å². The molecule has 2 heterocycles. The van der Waals surface area contributed by atoms with Gasteiger partial charge in [-0.05, 0) is 24.4 Å². The van der Waals surface area contributed by atoms with Gasteiger partial charge in [-0.15, -0.1) is 11.3 Å². The average molecular weight is 207 g/mol. The van der Waals surface area contributed by atoms with Crippen molar-refractivity contribution in [2.45, 2.75) is 6.92 Å². The summed E-state index contributed by atoms with van der Waals surface area (Å²) in [4.78, 5) is 16.5. The maximum Gasteiger partial charge on any atom is 0.339 e. The lowest BCUT2D eigenvalue weighted by atomic mass is 10.2. The number of rotatable bonds is 2. The number of hydrogen-bond acceptors (Lipinski definition) is 4. The molecule has 0 amide bonds. The Morgan fingerprint density at radius 2 is 2.50 bits per heavy atom. The SMILES string of the molecule is CCOC(=O)c1cnc2sccc2c1. The molecule has 2 aromatic heterocycles. The van der Waals surface area contributed by atoms with Crippen molar-refractivity contribution in [3.8, 4) is 0 Å². The van der Waals surface area contributed by atoms with Crippen molar-refractivity contribution in [3.63, 3.8) is 0 Å². The van der Waals surface area contributed by atoms with Crippen LogP contribution in [0.2, 0.25) is 0 Å². The highest BCUT2D eigenvalue weighted by molar-refractivity contribution is 7.16. The summed E-state index contributed by atoms with van der Waals surface area (Å²) in [7, 11) is 0. The van der Waals surface area contributed by atoms with Crippen molar-refractivity contribution in [3.05, 3.63) is 29.3 Å². The van der Waals surface area contributed by atoms with E-state index >= 15 is 0 Å². The van der Waals surface area contributed by atoms with Crippen LogP contribution in [0.4, 0.5) is 0 Å². The molecule has 0 aromatic carbocycles. The number of hydrogen-bond donors (Lipinski definition) is 0. The van der Waals surface area contributed by atoms with E-state index in [4.69, 9.17) is 4.74 Å². The summed E-state index contributed by atoms with van der Waals surface area (Å²) in [6, 6.07) is 3.74. The van der Waals surface area contributed by atoms with Gasteiger partial charge in [0.25, 0.3) is 0 Å². The number of pyridine rings is 1. The lowest BCUT2D eigenvalue weighted by Gasteiger charge is -2.00. The molecule has 0 aliphatic carbocycles. The molecule has 0 atom stereocenters. The van der Waals surface area contributed by atoms with Crippen molar-refractivity contribution in [1.82, 2.24) is 4.98 Å². The quantitative estimate of drug-likeness (QED) is 0.710. The molecule has 3 nitrogen and oxygen atoms in total. The molecule has 4 heteroatoms. The number of aromatic nitrogens is 1. The molecule has 14 heavy (non-hydrogen) atoms. The summed E-state index contributed by atoms with van der Waals surface area (Å²) in [5, 5.41) is 2.94. The van der Waals surface area contributed by atoms with Crippen LogP contribution in [0.25, 0.3) is 10.2 Å². The normalized spacial score (nSPS) is 10.4. The van der Waals surface area contributed by atoms with Crippen LogP contribution in [-0.2, 0) is 4.74 Å². The second-order valence-electron chi connectivity index (χ2n) is 2.76. The van der Waals surface area contributed by atoms with Crippen LogP contribution in [-0.4, -0.2) is 17.6 Å². The van der Waals surface area contributed by atoms with Gasteiger partial charge in [-0.3, -0.25) is 0 Å². The van der Waals surface area contributed by atoms with E-state index in [9.17, 15) is 4.79 Å². The van der Waals surface area contributed by atoms with Gasteiger partial charge in [0.1, 0.15) is 4.83 Å². The Kier molecular flexibility index (Phi) is 2.45. The van der Waals surface area contributed by atoms with Gasteiger partial charge in [0, 0.05) is 11.6 Å². The van der Waals surface area contributed by atoms with Crippen molar-refractivity contribution in [1.29, 1.82) is 0 Å². The Labute approximate surface area is 85.3 Å². The highest BCUT2D eigenvalue weighted by atomic mass is 32.1. The third-order valence-electron chi connectivity index (χ3n) is 1.82. The summed E-state index contributed by atoms with van der Waals surface area (Å²) >= 11 is 1.56. The number of ether oxygens (including phenoxy) is 1. The molecule has 0 saturated carbocycles. The Morgan fingerprint density at radius 3 is 3.29 bits per heavy atom. The van der Waals surface area contributed by atoms with Gasteiger partial charge in [0.05, 0.1) is 12.2 Å². The minimum atomic E-state index is -0.312. The summed E-state index contributed by atoms with van der Waals surface area (Å²) in [6.07, 6.45) is 1.55. The molecule has 0 bridgehead atoms. The van der Waals surface area contributed by atoms with Gasteiger partial charge in [-0.2, -0.15) is 0 Å². The first-order chi connectivity index (χ1) is 6.81. The van der Waals surface area contributed by atoms with Crippen LogP contribution >= 0.6 is 11.3 Å². The lowest BCUT2D eigenvalue weighted by Crippen LogP contribution is -2.04. The molecule has 0 saturated heterocycles. The van der Waals surface area contributed by atoms with Crippen molar-refractivity contribution in [2.75, 3.05) is 6.61 Å². The minimum Gasteiger partial charge on any atom is -0.462 e. The molecule has 0 spiro atoms. The number of esters is 1. The van der Waals surface area contributed by atoms with Gasteiger partial charge in [0.2, 0.25) is 0 Å². The van der Waals surface area contributed by atoms with Gasteiger partial charge in [-0.1, -0.05) is 0 Å². The molecule has 2 aromatic rings. The number of carbonyl (C=O) groups excluding carboxylic acids is 1. The maximum atomic E-state index is 11.4. The molecule has 0 fully saturated rings. The molecule has 2 rings (SSSR count). The Balaban J connectivity index is 2.38. The Morgan fingerprint density at radius 1 is 1.64 bits per heavy atom. The number of nitrogens with zero attached hydrogens (tertiary/aromatic N) is 1. The van der Waals surface area contributed by atoms with Gasteiger partial charge < -0.3 is 4.74 Å². The fourth-order valence-corrected chi connectivity index (χ4v) is 1.91. The second-order valence-corrected chi connectivity index (χ2v) is 3.65. The van der Waals surface area contributed by atoms with Crippen molar-refractivity contribution >= 4 is 27.5 Å². The summed E-state index contributed by atoms with van der Waals surface area (Å²) in [6.45, 7) is 2.18. The summed E-state index contributed by atoms with van der Waals surface area (Å²) < 4.78 is 4.88. The van der Waals surface area contributed by atoms with E-state index in [0.29, 0.717) is 12.2 Å². The number of carbonyl (C=O) groups is 1. The Hall–Kier alpha value is -1.42. The van der Waals surface area contributed by atoms with E-state index in [1.54, 1.807) is 30.5 Å². The molecule has 72 valence electrons. The van der Waals surface area contributed by atoms with E-state index in [1.807, 2.05) is 11.4 Å². The van der Waals surface area contributed by atoms with Crippen LogP contribution in [0.5, 0.6) is 0 Å². The largest absolute Gasteiger partial charge is 0.462 e. The predicted molar refractivity (Wildman–Crippen MR) is 55.6 cm³/mol. The van der Waals surface area contributed by atoms with E-state index in [-0.39, 0.29) is 5.97 Å². The van der Waals surface area contributed by atoms with Crippen molar-refractivity contribution in [2.24, 2.45) is 0 Å². The van der Waals surface area contributed by atoms with Gasteiger partial charge in [0.15, 0.2) is 0 Å². The maximum absolute atomic E-state index is 11.4. The monoisotopic (exact) mass is 207 g/mol. The zero-order chi connectivity index (χ0) is 9.97. The van der Waals surface area contributed by atoms with E-state index in [2.05, 4.69) is 4.98 Å². The molecule has 0 aliphatic rings. The highest BCUT2D eigenvalue weighted by Gasteiger charge is 2.07. The fraction of sp³-hybridized carbons (Fsp3) is 0.200. The molecule has 0 radical (unpaired) electrons. The Bertz CT molecular complexity index is 464. The first-order valence-electron chi connectivity index (χ1n) is 4.31. The summed E-state index contributed by atoms with van der Waals surface area (Å²) in [5.74, 6) is -0.312. The lowest BCUT2D eigenvalue weighted by molar-refractivity contribution is 0.0526.